The third-order valence-corrected chi connectivity index (χ3v) is 5.54. The Balaban J connectivity index is 0.000000370. The summed E-state index contributed by atoms with van der Waals surface area (Å²) in [5.41, 5.74) is 4.43. The molecule has 0 radical (unpaired) electrons. The van der Waals surface area contributed by atoms with E-state index in [2.05, 4.69) is 44.9 Å². The van der Waals surface area contributed by atoms with Gasteiger partial charge in [-0.25, -0.2) is 9.78 Å². The van der Waals surface area contributed by atoms with Gasteiger partial charge in [0.15, 0.2) is 0 Å². The summed E-state index contributed by atoms with van der Waals surface area (Å²) in [6, 6.07) is 2.14. The molecular weight excluding hydrogens is 407 g/mol. The lowest BCUT2D eigenvalue weighted by Gasteiger charge is -2.25. The van der Waals surface area contributed by atoms with Gasteiger partial charge in [0.05, 0.1) is 16.9 Å². The summed E-state index contributed by atoms with van der Waals surface area (Å²) in [6.07, 6.45) is -1.89. The number of hydrogen-bond donors (Lipinski definition) is 2. The van der Waals surface area contributed by atoms with Crippen LogP contribution in [0.15, 0.2) is 17.8 Å². The Kier molecular flexibility index (Phi) is 8.60. The van der Waals surface area contributed by atoms with Crippen LogP contribution in [0, 0.1) is 12.8 Å². The van der Waals surface area contributed by atoms with E-state index in [0.29, 0.717) is 0 Å². The van der Waals surface area contributed by atoms with Crippen LogP contribution < -0.4 is 5.32 Å². The Bertz CT molecular complexity index is 772. The van der Waals surface area contributed by atoms with Gasteiger partial charge in [-0.1, -0.05) is 0 Å². The number of carboxylic acids is 1. The quantitative estimate of drug-likeness (QED) is 0.699. The van der Waals surface area contributed by atoms with Crippen molar-refractivity contribution in [3.05, 3.63) is 34.0 Å². The number of aromatic nitrogens is 3. The summed E-state index contributed by atoms with van der Waals surface area (Å²) >= 11 is 1.77. The number of carbonyl (C=O) groups is 1. The number of alkyl halides is 3. The fraction of sp³-hybridized carbons (Fsp3) is 0.611. The predicted molar refractivity (Wildman–Crippen MR) is 104 cm³/mol. The molecule has 0 spiro atoms. The zero-order valence-corrected chi connectivity index (χ0v) is 17.3. The average molecular weight is 434 g/mol. The molecule has 162 valence electrons. The number of nitrogens with zero attached hydrogens (tertiary/aromatic N) is 4. The summed E-state index contributed by atoms with van der Waals surface area (Å²) in [7, 11) is 0. The molecule has 3 rings (SSSR count). The molecule has 1 fully saturated rings. The molecule has 29 heavy (non-hydrogen) atoms. The van der Waals surface area contributed by atoms with Crippen LogP contribution in [0.25, 0.3) is 0 Å². The van der Waals surface area contributed by atoms with E-state index in [9.17, 15) is 13.2 Å². The zero-order valence-electron chi connectivity index (χ0n) is 16.4. The van der Waals surface area contributed by atoms with Crippen molar-refractivity contribution in [2.75, 3.05) is 19.6 Å². The molecule has 0 aliphatic carbocycles. The summed E-state index contributed by atoms with van der Waals surface area (Å²) in [4.78, 5) is 17.2. The van der Waals surface area contributed by atoms with E-state index in [4.69, 9.17) is 9.90 Å². The van der Waals surface area contributed by atoms with E-state index in [-0.39, 0.29) is 0 Å². The maximum atomic E-state index is 10.6. The Morgan fingerprint density at radius 2 is 2.17 bits per heavy atom. The van der Waals surface area contributed by atoms with Crippen LogP contribution >= 0.6 is 11.3 Å². The van der Waals surface area contributed by atoms with Crippen molar-refractivity contribution in [2.24, 2.45) is 5.92 Å². The van der Waals surface area contributed by atoms with Crippen LogP contribution in [0.3, 0.4) is 0 Å². The van der Waals surface area contributed by atoms with Crippen LogP contribution in [-0.4, -0.2) is 56.6 Å². The van der Waals surface area contributed by atoms with Crippen LogP contribution in [0.5, 0.6) is 0 Å². The number of aryl methyl sites for hydroxylation is 2. The first-order chi connectivity index (χ1) is 13.7. The van der Waals surface area contributed by atoms with Crippen molar-refractivity contribution in [3.8, 4) is 0 Å². The number of aliphatic carboxylic acids is 1. The Labute approximate surface area is 171 Å². The zero-order chi connectivity index (χ0) is 21.4. The van der Waals surface area contributed by atoms with Crippen molar-refractivity contribution < 1.29 is 23.1 Å². The molecule has 2 aromatic rings. The van der Waals surface area contributed by atoms with Gasteiger partial charge in [-0.15, -0.1) is 11.3 Å². The minimum absolute atomic E-state index is 0.756. The largest absolute Gasteiger partial charge is 0.490 e. The third kappa shape index (κ3) is 7.41. The molecule has 0 saturated carbocycles. The molecule has 1 atom stereocenters. The molecule has 2 aromatic heterocycles. The van der Waals surface area contributed by atoms with Gasteiger partial charge in [-0.3, -0.25) is 9.58 Å². The number of hydrogen-bond acceptors (Lipinski definition) is 6. The fourth-order valence-corrected chi connectivity index (χ4v) is 3.93. The van der Waals surface area contributed by atoms with Gasteiger partial charge in [0.25, 0.3) is 0 Å². The average Bonchev–Trinajstić information content (AvgIpc) is 3.38. The van der Waals surface area contributed by atoms with Crippen LogP contribution in [0.1, 0.15) is 29.6 Å². The second-order valence-electron chi connectivity index (χ2n) is 6.83. The lowest BCUT2D eigenvalue weighted by atomic mass is 10.1. The van der Waals surface area contributed by atoms with Gasteiger partial charge in [0.2, 0.25) is 0 Å². The summed E-state index contributed by atoms with van der Waals surface area (Å²) in [6.45, 7) is 10.6. The smallest absolute Gasteiger partial charge is 0.475 e. The highest BCUT2D eigenvalue weighted by Gasteiger charge is 2.38. The summed E-state index contributed by atoms with van der Waals surface area (Å²) < 4.78 is 33.8. The van der Waals surface area contributed by atoms with Crippen LogP contribution in [0.4, 0.5) is 13.2 Å². The molecule has 1 unspecified atom stereocenters. The Morgan fingerprint density at radius 3 is 2.69 bits per heavy atom. The topological polar surface area (TPSA) is 83.3 Å². The van der Waals surface area contributed by atoms with E-state index >= 15 is 0 Å². The number of rotatable bonds is 7. The second-order valence-corrected chi connectivity index (χ2v) is 7.77. The molecule has 0 bridgehead atoms. The van der Waals surface area contributed by atoms with Gasteiger partial charge >= 0.3 is 12.1 Å². The minimum Gasteiger partial charge on any atom is -0.475 e. The highest BCUT2D eigenvalue weighted by Crippen LogP contribution is 2.20. The second kappa shape index (κ2) is 10.7. The number of nitrogens with one attached hydrogen (secondary N) is 1. The van der Waals surface area contributed by atoms with Gasteiger partial charge in [0.1, 0.15) is 0 Å². The lowest BCUT2D eigenvalue weighted by Crippen LogP contribution is -2.30. The van der Waals surface area contributed by atoms with Gasteiger partial charge in [-0.05, 0) is 45.3 Å². The molecule has 1 aliphatic heterocycles. The maximum absolute atomic E-state index is 10.6. The van der Waals surface area contributed by atoms with Crippen molar-refractivity contribution >= 4 is 17.3 Å². The third-order valence-electron chi connectivity index (χ3n) is 4.62. The minimum atomic E-state index is -5.08. The number of halogens is 3. The standard InChI is InChI=1S/C16H25N5S.C2HF3O2/c1-3-21-15(5-7-19-21)10-20(9-14-4-6-17-8-14)11-16-13(2)18-12-22-16;3-2(4,5)1(6)7/h5,7,12,14,17H,3-4,6,8-11H2,1-2H3;(H,6,7). The first-order valence-electron chi connectivity index (χ1n) is 9.33. The molecular formula is C18H26F3N5O2S. The van der Waals surface area contributed by atoms with E-state index in [1.807, 2.05) is 11.7 Å². The van der Waals surface area contributed by atoms with Crippen molar-refractivity contribution in [1.29, 1.82) is 0 Å². The van der Waals surface area contributed by atoms with E-state index in [1.165, 1.54) is 22.7 Å². The SMILES string of the molecule is CCn1nccc1CN(Cc1scnc1C)CC1CCNC1.O=C(O)C(F)(F)F. The van der Waals surface area contributed by atoms with Crippen molar-refractivity contribution in [3.63, 3.8) is 0 Å². The number of carboxylic acid groups (broad SMARTS) is 1. The van der Waals surface area contributed by atoms with Gasteiger partial charge < -0.3 is 10.4 Å². The van der Waals surface area contributed by atoms with Crippen molar-refractivity contribution in [2.45, 2.75) is 46.1 Å². The molecule has 2 N–H and O–H groups in total. The fourth-order valence-electron chi connectivity index (χ4n) is 3.11. The monoisotopic (exact) mass is 433 g/mol. The van der Waals surface area contributed by atoms with Crippen molar-refractivity contribution in [1.82, 2.24) is 25.0 Å². The molecule has 3 heterocycles. The Hall–Kier alpha value is -1.98. The van der Waals surface area contributed by atoms with Gasteiger partial charge in [-0.2, -0.15) is 18.3 Å². The van der Waals surface area contributed by atoms with Gasteiger partial charge in [0, 0.05) is 37.3 Å². The first kappa shape index (κ1) is 23.3. The first-order valence-corrected chi connectivity index (χ1v) is 10.2. The normalized spacial score (nSPS) is 16.7. The van der Waals surface area contributed by atoms with Crippen LogP contribution in [-0.2, 0) is 24.4 Å². The van der Waals surface area contributed by atoms with E-state index in [0.717, 1.165) is 45.2 Å². The highest BCUT2D eigenvalue weighted by molar-refractivity contribution is 7.09. The maximum Gasteiger partial charge on any atom is 0.490 e. The Morgan fingerprint density at radius 1 is 1.45 bits per heavy atom. The highest BCUT2D eigenvalue weighted by atomic mass is 32.1. The molecule has 11 heteroatoms. The lowest BCUT2D eigenvalue weighted by molar-refractivity contribution is -0.192. The summed E-state index contributed by atoms with van der Waals surface area (Å²) in [5.74, 6) is -2.00. The van der Waals surface area contributed by atoms with Crippen LogP contribution in [0.2, 0.25) is 0 Å². The molecule has 1 aliphatic rings. The molecule has 7 nitrogen and oxygen atoms in total. The van der Waals surface area contributed by atoms with E-state index in [1.54, 1.807) is 11.3 Å². The molecule has 1 saturated heterocycles. The summed E-state index contributed by atoms with van der Waals surface area (Å²) in [5, 5.41) is 15.0. The predicted octanol–water partition coefficient (Wildman–Crippen LogP) is 2.91. The molecule has 0 amide bonds. The number of thiazole rings is 1. The molecule has 0 aromatic carbocycles. The van der Waals surface area contributed by atoms with E-state index < -0.39 is 12.1 Å².